The molecule has 4 rings (SSSR count). The first-order valence-corrected chi connectivity index (χ1v) is 11.9. The van der Waals surface area contributed by atoms with Crippen LogP contribution in [-0.2, 0) is 19.4 Å². The zero-order valence-electron chi connectivity index (χ0n) is 15.4. The Labute approximate surface area is 194 Å². The number of carbonyl (C=O) groups is 1. The molecule has 0 unspecified atom stereocenters. The van der Waals surface area contributed by atoms with E-state index in [2.05, 4.69) is 48.8 Å². The Kier molecular flexibility index (Phi) is 6.41. The molecule has 2 heterocycles. The van der Waals surface area contributed by atoms with Crippen molar-refractivity contribution in [3.63, 3.8) is 0 Å². The highest BCUT2D eigenvalue weighted by atomic mass is 127. The van der Waals surface area contributed by atoms with Crippen LogP contribution in [0.25, 0.3) is 0 Å². The molecule has 8 heteroatoms. The molecule has 0 radical (unpaired) electrons. The number of hydrogen-bond acceptors (Lipinski definition) is 5. The van der Waals surface area contributed by atoms with Gasteiger partial charge >= 0.3 is 0 Å². The number of hydrogen-bond donors (Lipinski definition) is 2. The zero-order chi connectivity index (χ0) is 20.4. The highest BCUT2D eigenvalue weighted by molar-refractivity contribution is 14.1. The summed E-state index contributed by atoms with van der Waals surface area (Å²) in [6.07, 6.45) is 7.31. The molecule has 0 spiro atoms. The summed E-state index contributed by atoms with van der Waals surface area (Å²) in [6, 6.07) is 7.28. The number of fused-ring (bicyclic) bond motifs is 1. The van der Waals surface area contributed by atoms with Gasteiger partial charge in [-0.05, 0) is 78.1 Å². The minimum absolute atomic E-state index is 0.138. The van der Waals surface area contributed by atoms with Crippen LogP contribution in [0.15, 0.2) is 44.4 Å². The Balaban J connectivity index is 1.66. The van der Waals surface area contributed by atoms with Crippen molar-refractivity contribution in [1.29, 1.82) is 0 Å². The number of benzene rings is 1. The third-order valence-electron chi connectivity index (χ3n) is 4.76. The van der Waals surface area contributed by atoms with Gasteiger partial charge in [0.25, 0.3) is 5.91 Å². The second-order valence-corrected chi connectivity index (χ2v) is 9.90. The molecule has 29 heavy (non-hydrogen) atoms. The maximum Gasteiger partial charge on any atom is 0.255 e. The molecule has 2 aromatic heterocycles. The number of aromatic hydroxyl groups is 1. The number of aliphatic imine (C=N–C) groups is 1. The minimum Gasteiger partial charge on any atom is -0.506 e. The molecule has 1 aromatic carbocycles. The summed E-state index contributed by atoms with van der Waals surface area (Å²) in [5.74, 6) is 0.754. The molecule has 0 atom stereocenters. The summed E-state index contributed by atoms with van der Waals surface area (Å²) in [5, 5.41) is 14.0. The van der Waals surface area contributed by atoms with Crippen molar-refractivity contribution in [2.75, 3.05) is 0 Å². The number of aryl methyl sites for hydroxylation is 1. The summed E-state index contributed by atoms with van der Waals surface area (Å²) in [5.41, 5.74) is 2.37. The largest absolute Gasteiger partial charge is 0.506 e. The molecule has 0 bridgehead atoms. The predicted molar refractivity (Wildman–Crippen MR) is 127 cm³/mol. The first-order valence-electron chi connectivity index (χ1n) is 9.20. The summed E-state index contributed by atoms with van der Waals surface area (Å²) in [6.45, 7) is 0.338. The van der Waals surface area contributed by atoms with E-state index in [9.17, 15) is 9.90 Å². The third-order valence-corrected chi connectivity index (χ3v) is 7.24. The Hall–Kier alpha value is -1.65. The summed E-state index contributed by atoms with van der Waals surface area (Å²) >= 11 is 7.10. The second kappa shape index (κ2) is 9.01. The molecule has 0 fully saturated rings. The Morgan fingerprint density at radius 2 is 2.21 bits per heavy atom. The molecule has 2 N–H and O–H groups in total. The smallest absolute Gasteiger partial charge is 0.255 e. The van der Waals surface area contributed by atoms with Crippen LogP contribution in [-0.4, -0.2) is 17.2 Å². The molecule has 1 aliphatic rings. The number of amides is 1. The fourth-order valence-electron chi connectivity index (χ4n) is 3.36. The van der Waals surface area contributed by atoms with E-state index in [-0.39, 0.29) is 11.7 Å². The number of carbonyl (C=O) groups excluding carboxylic acids is 1. The van der Waals surface area contributed by atoms with E-state index in [4.69, 9.17) is 4.42 Å². The van der Waals surface area contributed by atoms with Gasteiger partial charge in [0, 0.05) is 21.1 Å². The Bertz CT molecular complexity index is 1080. The van der Waals surface area contributed by atoms with Crippen molar-refractivity contribution in [2.45, 2.75) is 32.2 Å². The van der Waals surface area contributed by atoms with Gasteiger partial charge in [-0.15, -0.1) is 11.3 Å². The van der Waals surface area contributed by atoms with Crippen molar-refractivity contribution in [3.05, 3.63) is 65.9 Å². The molecule has 1 aliphatic carbocycles. The van der Waals surface area contributed by atoms with Crippen molar-refractivity contribution in [1.82, 2.24) is 5.32 Å². The molecule has 0 aliphatic heterocycles. The summed E-state index contributed by atoms with van der Waals surface area (Å²) in [4.78, 5) is 18.9. The number of furan rings is 1. The second-order valence-electron chi connectivity index (χ2n) is 6.74. The Morgan fingerprint density at radius 1 is 1.38 bits per heavy atom. The molecule has 1 amide bonds. The zero-order valence-corrected chi connectivity index (χ0v) is 19.9. The van der Waals surface area contributed by atoms with Crippen molar-refractivity contribution in [2.24, 2.45) is 4.99 Å². The Morgan fingerprint density at radius 3 is 3.00 bits per heavy atom. The van der Waals surface area contributed by atoms with Crippen LogP contribution in [0.3, 0.4) is 0 Å². The number of phenols is 1. The van der Waals surface area contributed by atoms with Crippen LogP contribution in [0, 0.1) is 3.57 Å². The number of thiophene rings is 1. The fraction of sp³-hybridized carbons (Fsp3) is 0.238. The molecule has 5 nitrogen and oxygen atoms in total. The van der Waals surface area contributed by atoms with E-state index in [1.165, 1.54) is 4.88 Å². The maximum absolute atomic E-state index is 13.0. The molecular weight excluding hydrogens is 567 g/mol. The number of halogens is 2. The lowest BCUT2D eigenvalue weighted by molar-refractivity contribution is 0.0948. The number of nitrogens with zero attached hydrogens (tertiary/aromatic N) is 1. The van der Waals surface area contributed by atoms with E-state index in [0.29, 0.717) is 28.4 Å². The first-order chi connectivity index (χ1) is 14.0. The molecule has 0 saturated heterocycles. The van der Waals surface area contributed by atoms with Crippen LogP contribution < -0.4 is 5.32 Å². The van der Waals surface area contributed by atoms with Gasteiger partial charge in [-0.1, -0.05) is 15.9 Å². The lowest BCUT2D eigenvalue weighted by Crippen LogP contribution is -2.23. The van der Waals surface area contributed by atoms with E-state index < -0.39 is 0 Å². The quantitative estimate of drug-likeness (QED) is 0.286. The van der Waals surface area contributed by atoms with Gasteiger partial charge in [0.2, 0.25) is 0 Å². The van der Waals surface area contributed by atoms with Gasteiger partial charge in [0.1, 0.15) is 16.5 Å². The third kappa shape index (κ3) is 4.59. The lowest BCUT2D eigenvalue weighted by atomic mass is 9.95. The van der Waals surface area contributed by atoms with E-state index >= 15 is 0 Å². The van der Waals surface area contributed by atoms with Crippen molar-refractivity contribution in [3.8, 4) is 5.75 Å². The van der Waals surface area contributed by atoms with Crippen LogP contribution in [0.4, 0.5) is 5.00 Å². The highest BCUT2D eigenvalue weighted by Crippen LogP contribution is 2.40. The molecular formula is C21H18BrIN2O3S. The lowest BCUT2D eigenvalue weighted by Gasteiger charge is -2.12. The van der Waals surface area contributed by atoms with E-state index in [0.717, 1.165) is 39.3 Å². The van der Waals surface area contributed by atoms with Gasteiger partial charge in [-0.2, -0.15) is 0 Å². The monoisotopic (exact) mass is 584 g/mol. The number of phenolic OH excluding ortho intramolecular Hbond substituents is 1. The van der Waals surface area contributed by atoms with Gasteiger partial charge in [0.05, 0.1) is 21.9 Å². The van der Waals surface area contributed by atoms with Crippen molar-refractivity contribution < 1.29 is 14.3 Å². The number of nitrogens with one attached hydrogen (secondary N) is 1. The van der Waals surface area contributed by atoms with E-state index in [1.807, 2.05) is 18.2 Å². The van der Waals surface area contributed by atoms with Gasteiger partial charge in [0.15, 0.2) is 0 Å². The molecule has 150 valence electrons. The summed E-state index contributed by atoms with van der Waals surface area (Å²) in [7, 11) is 0. The van der Waals surface area contributed by atoms with Crippen LogP contribution in [0.2, 0.25) is 0 Å². The topological polar surface area (TPSA) is 74.8 Å². The SMILES string of the molecule is O=C(NCc1ccco1)c1c(N=Cc2cc(Br)cc(I)c2O)sc2c1CCCC2. The van der Waals surface area contributed by atoms with Gasteiger partial charge < -0.3 is 14.8 Å². The standard InChI is InChI=1S/C21H18BrIN2O3S/c22-13-8-12(19(26)16(23)9-13)10-25-21-18(15-5-1-2-6-17(15)29-21)20(27)24-11-14-4-3-7-28-14/h3-4,7-10,26H,1-2,5-6,11H2,(H,24,27). The van der Waals surface area contributed by atoms with Crippen molar-refractivity contribution >= 4 is 67.0 Å². The number of rotatable bonds is 5. The minimum atomic E-state index is -0.138. The molecule has 3 aromatic rings. The first kappa shape index (κ1) is 20.6. The average molecular weight is 585 g/mol. The van der Waals surface area contributed by atoms with Crippen LogP contribution in [0.1, 0.15) is 45.0 Å². The summed E-state index contributed by atoms with van der Waals surface area (Å²) < 4.78 is 6.91. The normalized spacial score (nSPS) is 13.6. The van der Waals surface area contributed by atoms with Gasteiger partial charge in [-0.3, -0.25) is 4.79 Å². The average Bonchev–Trinajstić information content (AvgIpc) is 3.35. The highest BCUT2D eigenvalue weighted by Gasteiger charge is 2.25. The van der Waals surface area contributed by atoms with E-state index in [1.54, 1.807) is 29.9 Å². The van der Waals surface area contributed by atoms with Crippen LogP contribution >= 0.6 is 49.9 Å². The fourth-order valence-corrected chi connectivity index (χ4v) is 6.14. The maximum atomic E-state index is 13.0. The van der Waals surface area contributed by atoms with Crippen LogP contribution in [0.5, 0.6) is 5.75 Å². The van der Waals surface area contributed by atoms with Gasteiger partial charge in [-0.25, -0.2) is 4.99 Å². The predicted octanol–water partition coefficient (Wildman–Crippen LogP) is 5.97. The molecule has 0 saturated carbocycles.